The van der Waals surface area contributed by atoms with E-state index in [2.05, 4.69) is 29.1 Å². The molecule has 0 radical (unpaired) electrons. The number of nitrogens with two attached hydrogens (primary N) is 1. The van der Waals surface area contributed by atoms with Gasteiger partial charge in [-0.1, -0.05) is 44.2 Å². The third-order valence-electron chi connectivity index (χ3n) is 4.93. The van der Waals surface area contributed by atoms with Crippen molar-refractivity contribution in [1.29, 1.82) is 0 Å². The Morgan fingerprint density at radius 1 is 1.17 bits per heavy atom. The second-order valence-corrected chi connectivity index (χ2v) is 7.18. The van der Waals surface area contributed by atoms with Crippen LogP contribution >= 0.6 is 0 Å². The molecule has 1 saturated heterocycles. The highest BCUT2D eigenvalue weighted by molar-refractivity contribution is 5.79. The summed E-state index contributed by atoms with van der Waals surface area (Å²) in [5.74, 6) is 0.248. The molecule has 0 aromatic heterocycles. The number of carbonyl (C=O) groups excluding carboxylic acids is 1. The standard InChI is InChI=1S/C19H32N4O/c1-15(14-23-11-9-22(3)10-12-23)13-21-19(24)16(2)18(20)17-7-5-4-6-8-17/h4-8,15-16,18H,9-14,20H2,1-3H3,(H,21,24). The van der Waals surface area contributed by atoms with E-state index in [1.54, 1.807) is 0 Å². The summed E-state index contributed by atoms with van der Waals surface area (Å²) in [6.07, 6.45) is 0. The van der Waals surface area contributed by atoms with Gasteiger partial charge in [0.1, 0.15) is 0 Å². The minimum atomic E-state index is -0.265. The number of nitrogens with zero attached hydrogens (tertiary/aromatic N) is 2. The molecule has 0 bridgehead atoms. The van der Waals surface area contributed by atoms with E-state index in [1.807, 2.05) is 37.3 Å². The van der Waals surface area contributed by atoms with Gasteiger partial charge in [-0.25, -0.2) is 0 Å². The van der Waals surface area contributed by atoms with E-state index in [1.165, 1.54) is 0 Å². The number of piperazine rings is 1. The van der Waals surface area contributed by atoms with E-state index in [9.17, 15) is 4.79 Å². The van der Waals surface area contributed by atoms with Gasteiger partial charge in [0, 0.05) is 45.3 Å². The highest BCUT2D eigenvalue weighted by Crippen LogP contribution is 2.19. The van der Waals surface area contributed by atoms with E-state index in [0.717, 1.165) is 38.3 Å². The van der Waals surface area contributed by atoms with Crippen molar-refractivity contribution < 1.29 is 4.79 Å². The molecule has 1 aliphatic heterocycles. The highest BCUT2D eigenvalue weighted by Gasteiger charge is 2.23. The van der Waals surface area contributed by atoms with Crippen LogP contribution in [0.25, 0.3) is 0 Å². The van der Waals surface area contributed by atoms with Gasteiger partial charge in [-0.15, -0.1) is 0 Å². The fourth-order valence-corrected chi connectivity index (χ4v) is 3.10. The molecule has 24 heavy (non-hydrogen) atoms. The van der Waals surface area contributed by atoms with Crippen molar-refractivity contribution >= 4 is 5.91 Å². The molecule has 3 atom stereocenters. The number of hydrogen-bond acceptors (Lipinski definition) is 4. The van der Waals surface area contributed by atoms with Crippen molar-refractivity contribution in [3.05, 3.63) is 35.9 Å². The molecule has 1 aliphatic rings. The fourth-order valence-electron chi connectivity index (χ4n) is 3.10. The molecule has 5 heteroatoms. The van der Waals surface area contributed by atoms with Crippen LogP contribution in [0.1, 0.15) is 25.5 Å². The Bertz CT molecular complexity index is 499. The number of nitrogens with one attached hydrogen (secondary N) is 1. The summed E-state index contributed by atoms with van der Waals surface area (Å²) >= 11 is 0. The zero-order valence-electron chi connectivity index (χ0n) is 15.2. The summed E-state index contributed by atoms with van der Waals surface area (Å²) in [5, 5.41) is 3.08. The molecule has 3 N–H and O–H groups in total. The molecule has 0 aliphatic carbocycles. The van der Waals surface area contributed by atoms with Gasteiger partial charge in [-0.05, 0) is 18.5 Å². The Morgan fingerprint density at radius 2 is 1.79 bits per heavy atom. The third-order valence-corrected chi connectivity index (χ3v) is 4.93. The smallest absolute Gasteiger partial charge is 0.224 e. The summed E-state index contributed by atoms with van der Waals surface area (Å²) < 4.78 is 0. The first kappa shape index (κ1) is 18.9. The average molecular weight is 332 g/mol. The Balaban J connectivity index is 1.73. The van der Waals surface area contributed by atoms with Crippen LogP contribution in [0.15, 0.2) is 30.3 Å². The van der Waals surface area contributed by atoms with Gasteiger partial charge in [0.15, 0.2) is 0 Å². The highest BCUT2D eigenvalue weighted by atomic mass is 16.1. The molecule has 3 unspecified atom stereocenters. The average Bonchev–Trinajstić information content (AvgIpc) is 2.61. The lowest BCUT2D eigenvalue weighted by Crippen LogP contribution is -2.47. The maximum atomic E-state index is 12.4. The van der Waals surface area contributed by atoms with Crippen LogP contribution < -0.4 is 11.1 Å². The zero-order chi connectivity index (χ0) is 17.5. The molecule has 1 aromatic rings. The van der Waals surface area contributed by atoms with E-state index in [-0.39, 0.29) is 17.9 Å². The molecular weight excluding hydrogens is 300 g/mol. The second-order valence-electron chi connectivity index (χ2n) is 7.18. The minimum absolute atomic E-state index is 0.0385. The van der Waals surface area contributed by atoms with Gasteiger partial charge in [-0.2, -0.15) is 0 Å². The lowest BCUT2D eigenvalue weighted by molar-refractivity contribution is -0.125. The molecule has 1 heterocycles. The van der Waals surface area contributed by atoms with E-state index >= 15 is 0 Å². The van der Waals surface area contributed by atoms with Crippen molar-refractivity contribution in [2.24, 2.45) is 17.6 Å². The Morgan fingerprint density at radius 3 is 2.42 bits per heavy atom. The second kappa shape index (κ2) is 9.16. The molecule has 1 aromatic carbocycles. The minimum Gasteiger partial charge on any atom is -0.355 e. The number of benzene rings is 1. The van der Waals surface area contributed by atoms with E-state index < -0.39 is 0 Å². The van der Waals surface area contributed by atoms with Crippen LogP contribution in [0.5, 0.6) is 0 Å². The van der Waals surface area contributed by atoms with Gasteiger partial charge in [0.05, 0.1) is 5.92 Å². The summed E-state index contributed by atoms with van der Waals surface area (Å²) in [5.41, 5.74) is 7.24. The lowest BCUT2D eigenvalue weighted by atomic mass is 9.94. The lowest BCUT2D eigenvalue weighted by Gasteiger charge is -2.34. The molecule has 2 rings (SSSR count). The largest absolute Gasteiger partial charge is 0.355 e. The monoisotopic (exact) mass is 332 g/mol. The first-order valence-corrected chi connectivity index (χ1v) is 8.96. The molecular formula is C19H32N4O. The van der Waals surface area contributed by atoms with Crippen molar-refractivity contribution in [2.45, 2.75) is 19.9 Å². The maximum absolute atomic E-state index is 12.4. The predicted molar refractivity (Wildman–Crippen MR) is 98.6 cm³/mol. The van der Waals surface area contributed by atoms with Crippen LogP contribution in [-0.2, 0) is 4.79 Å². The summed E-state index contributed by atoms with van der Waals surface area (Å²) in [6.45, 7) is 10.3. The van der Waals surface area contributed by atoms with Crippen LogP contribution in [0.2, 0.25) is 0 Å². The number of likely N-dealkylation sites (N-methyl/N-ethyl adjacent to an activating group) is 1. The first-order valence-electron chi connectivity index (χ1n) is 8.96. The zero-order valence-corrected chi connectivity index (χ0v) is 15.2. The van der Waals surface area contributed by atoms with Gasteiger partial charge in [0.25, 0.3) is 0 Å². The fraction of sp³-hybridized carbons (Fsp3) is 0.632. The summed E-state index contributed by atoms with van der Waals surface area (Å²) in [6, 6.07) is 9.56. The SMILES string of the molecule is CC(CNC(=O)C(C)C(N)c1ccccc1)CN1CCN(C)CC1. The normalized spacial score (nSPS) is 20.3. The van der Waals surface area contributed by atoms with Gasteiger partial charge < -0.3 is 20.9 Å². The van der Waals surface area contributed by atoms with Crippen LogP contribution in [0.4, 0.5) is 0 Å². The first-order chi connectivity index (χ1) is 11.5. The van der Waals surface area contributed by atoms with Gasteiger partial charge >= 0.3 is 0 Å². The van der Waals surface area contributed by atoms with Gasteiger partial charge in [-0.3, -0.25) is 4.79 Å². The molecule has 134 valence electrons. The van der Waals surface area contributed by atoms with E-state index in [0.29, 0.717) is 12.5 Å². The molecule has 5 nitrogen and oxygen atoms in total. The molecule has 0 spiro atoms. The van der Waals surface area contributed by atoms with E-state index in [4.69, 9.17) is 5.73 Å². The number of amides is 1. The Kier molecular flexibility index (Phi) is 7.21. The Hall–Kier alpha value is -1.43. The molecule has 1 fully saturated rings. The number of hydrogen-bond donors (Lipinski definition) is 2. The van der Waals surface area contributed by atoms with Gasteiger partial charge in [0.2, 0.25) is 5.91 Å². The molecule has 0 saturated carbocycles. The predicted octanol–water partition coefficient (Wildman–Crippen LogP) is 1.32. The summed E-state index contributed by atoms with van der Waals surface area (Å²) in [7, 11) is 2.17. The number of rotatable bonds is 7. The van der Waals surface area contributed by atoms with Crippen molar-refractivity contribution in [2.75, 3.05) is 46.3 Å². The number of carbonyl (C=O) groups is 1. The Labute approximate surface area is 146 Å². The molecule has 1 amide bonds. The summed E-state index contributed by atoms with van der Waals surface area (Å²) in [4.78, 5) is 17.2. The third kappa shape index (κ3) is 5.58. The van der Waals surface area contributed by atoms with Crippen molar-refractivity contribution in [3.8, 4) is 0 Å². The van der Waals surface area contributed by atoms with Crippen molar-refractivity contribution in [1.82, 2.24) is 15.1 Å². The maximum Gasteiger partial charge on any atom is 0.224 e. The van der Waals surface area contributed by atoms with Crippen molar-refractivity contribution in [3.63, 3.8) is 0 Å². The van der Waals surface area contributed by atoms with Crippen LogP contribution in [0.3, 0.4) is 0 Å². The van der Waals surface area contributed by atoms with Crippen LogP contribution in [0, 0.1) is 11.8 Å². The quantitative estimate of drug-likeness (QED) is 0.791. The van der Waals surface area contributed by atoms with Crippen LogP contribution in [-0.4, -0.2) is 62.0 Å². The topological polar surface area (TPSA) is 61.6 Å².